The Kier molecular flexibility index (Phi) is 9.37. The van der Waals surface area contributed by atoms with E-state index in [1.165, 1.54) is 0 Å². The molecule has 9 heteroatoms. The number of hydrazine groups is 1. The first-order chi connectivity index (χ1) is 13.6. The smallest absolute Gasteiger partial charge is 0.405 e. The van der Waals surface area contributed by atoms with Crippen LogP contribution >= 0.6 is 0 Å². The van der Waals surface area contributed by atoms with Crippen molar-refractivity contribution in [3.8, 4) is 0 Å². The van der Waals surface area contributed by atoms with Crippen LogP contribution in [0.1, 0.15) is 32.3 Å². The van der Waals surface area contributed by atoms with Crippen LogP contribution in [-0.2, 0) is 20.8 Å². The van der Waals surface area contributed by atoms with Gasteiger partial charge in [-0.25, -0.2) is 9.80 Å². The maximum absolute atomic E-state index is 12.8. The van der Waals surface area contributed by atoms with E-state index in [9.17, 15) is 19.2 Å². The summed E-state index contributed by atoms with van der Waals surface area (Å²) in [5.41, 5.74) is 8.62. The van der Waals surface area contributed by atoms with E-state index in [1.54, 1.807) is 0 Å². The molecule has 0 radical (unpaired) electrons. The number of carbonyl (C=O) groups is 4. The fourth-order valence-corrected chi connectivity index (χ4v) is 2.60. The topological polar surface area (TPSA) is 142 Å². The molecule has 1 rings (SSSR count). The molecule has 4 amide bonds. The molecular formula is C20H28N4O5. The predicted octanol–water partition coefficient (Wildman–Crippen LogP) is 1.20. The molecule has 0 unspecified atom stereocenters. The molecule has 1 aromatic carbocycles. The lowest BCUT2D eigenvalue weighted by atomic mass is 10.0. The number of rotatable bonds is 10. The maximum Gasteiger partial charge on any atom is 0.405 e. The molecule has 5 N–H and O–H groups in total. The molecule has 0 spiro atoms. The van der Waals surface area contributed by atoms with Gasteiger partial charge in [0.25, 0.3) is 11.8 Å². The van der Waals surface area contributed by atoms with Crippen molar-refractivity contribution in [3.63, 3.8) is 0 Å². The monoisotopic (exact) mass is 404 g/mol. The van der Waals surface area contributed by atoms with E-state index < -0.39 is 29.9 Å². The molecule has 0 bridgehead atoms. The largest absolute Gasteiger partial charge is 0.465 e. The third-order valence-corrected chi connectivity index (χ3v) is 3.96. The third-order valence-electron chi connectivity index (χ3n) is 3.96. The number of nitrogens with zero attached hydrogens (tertiary/aromatic N) is 1. The van der Waals surface area contributed by atoms with Gasteiger partial charge in [-0.2, -0.15) is 0 Å². The highest BCUT2D eigenvalue weighted by atomic mass is 16.4. The molecule has 0 aliphatic heterocycles. The van der Waals surface area contributed by atoms with Crippen LogP contribution in [-0.4, -0.2) is 46.5 Å². The minimum absolute atomic E-state index is 0.0282. The average molecular weight is 404 g/mol. The van der Waals surface area contributed by atoms with Crippen LogP contribution in [0.3, 0.4) is 0 Å². The van der Waals surface area contributed by atoms with Crippen LogP contribution in [0.4, 0.5) is 4.79 Å². The Morgan fingerprint density at radius 3 is 2.31 bits per heavy atom. The van der Waals surface area contributed by atoms with Crippen LogP contribution in [0.15, 0.2) is 42.5 Å². The molecular weight excluding hydrogens is 376 g/mol. The SMILES string of the molecule is C=C(Cc1ccccc1)C(=O)N(CCC(N)=O)NC(=O)[C@H](CC(C)C)NC(=O)O. The van der Waals surface area contributed by atoms with Gasteiger partial charge in [0, 0.05) is 18.4 Å². The summed E-state index contributed by atoms with van der Waals surface area (Å²) in [6.45, 7) is 7.29. The fraction of sp³-hybridized carbons (Fsp3) is 0.400. The number of primary amides is 1. The Bertz CT molecular complexity index is 748. The summed E-state index contributed by atoms with van der Waals surface area (Å²) in [5.74, 6) is -1.90. The van der Waals surface area contributed by atoms with Crippen molar-refractivity contribution >= 4 is 23.8 Å². The fourth-order valence-electron chi connectivity index (χ4n) is 2.60. The first kappa shape index (κ1) is 23.7. The van der Waals surface area contributed by atoms with E-state index in [0.717, 1.165) is 10.6 Å². The van der Waals surface area contributed by atoms with Gasteiger partial charge in [-0.15, -0.1) is 0 Å². The maximum atomic E-state index is 12.8. The molecule has 0 aliphatic carbocycles. The molecule has 29 heavy (non-hydrogen) atoms. The van der Waals surface area contributed by atoms with Crippen molar-refractivity contribution in [1.82, 2.24) is 15.8 Å². The number of carboxylic acid groups (broad SMARTS) is 1. The molecule has 0 fully saturated rings. The minimum Gasteiger partial charge on any atom is -0.465 e. The number of hydrogen-bond donors (Lipinski definition) is 4. The van der Waals surface area contributed by atoms with Gasteiger partial charge in [0.05, 0.1) is 6.54 Å². The lowest BCUT2D eigenvalue weighted by molar-refractivity contribution is -0.140. The Labute approximate surface area is 169 Å². The van der Waals surface area contributed by atoms with Crippen molar-refractivity contribution < 1.29 is 24.3 Å². The van der Waals surface area contributed by atoms with Gasteiger partial charge < -0.3 is 16.2 Å². The number of hydrogen-bond acceptors (Lipinski definition) is 4. The van der Waals surface area contributed by atoms with Crippen molar-refractivity contribution in [1.29, 1.82) is 0 Å². The Hall–Kier alpha value is -3.36. The van der Waals surface area contributed by atoms with Gasteiger partial charge in [0.1, 0.15) is 6.04 Å². The van der Waals surface area contributed by atoms with Crippen LogP contribution in [0, 0.1) is 5.92 Å². The molecule has 0 saturated heterocycles. The number of benzene rings is 1. The molecule has 0 saturated carbocycles. The molecule has 158 valence electrons. The van der Waals surface area contributed by atoms with E-state index in [-0.39, 0.29) is 37.3 Å². The molecule has 0 aromatic heterocycles. The second kappa shape index (κ2) is 11.5. The molecule has 9 nitrogen and oxygen atoms in total. The first-order valence-electron chi connectivity index (χ1n) is 9.22. The van der Waals surface area contributed by atoms with Crippen molar-refractivity contribution in [2.75, 3.05) is 6.54 Å². The summed E-state index contributed by atoms with van der Waals surface area (Å²) in [7, 11) is 0. The summed E-state index contributed by atoms with van der Waals surface area (Å²) in [6, 6.07) is 8.11. The Morgan fingerprint density at radius 1 is 1.17 bits per heavy atom. The molecule has 0 aliphatic rings. The Balaban J connectivity index is 2.92. The van der Waals surface area contributed by atoms with E-state index >= 15 is 0 Å². The summed E-state index contributed by atoms with van der Waals surface area (Å²) in [4.78, 5) is 47.5. The van der Waals surface area contributed by atoms with Crippen LogP contribution in [0.25, 0.3) is 0 Å². The second-order valence-corrected chi connectivity index (χ2v) is 7.05. The van der Waals surface area contributed by atoms with Gasteiger partial charge in [0.2, 0.25) is 5.91 Å². The number of carbonyl (C=O) groups excluding carboxylic acids is 3. The number of amides is 4. The first-order valence-corrected chi connectivity index (χ1v) is 9.22. The summed E-state index contributed by atoms with van der Waals surface area (Å²) < 4.78 is 0. The van der Waals surface area contributed by atoms with E-state index in [0.29, 0.717) is 0 Å². The van der Waals surface area contributed by atoms with Gasteiger partial charge in [-0.3, -0.25) is 19.8 Å². The van der Waals surface area contributed by atoms with Gasteiger partial charge >= 0.3 is 6.09 Å². The summed E-state index contributed by atoms with van der Waals surface area (Å²) >= 11 is 0. The zero-order chi connectivity index (χ0) is 22.0. The molecule has 1 aromatic rings. The van der Waals surface area contributed by atoms with E-state index in [1.807, 2.05) is 44.2 Å². The van der Waals surface area contributed by atoms with E-state index in [2.05, 4.69) is 17.3 Å². The highest BCUT2D eigenvalue weighted by molar-refractivity contribution is 5.95. The van der Waals surface area contributed by atoms with Gasteiger partial charge in [0.15, 0.2) is 0 Å². The second-order valence-electron chi connectivity index (χ2n) is 7.05. The Morgan fingerprint density at radius 2 is 1.79 bits per heavy atom. The standard InChI is InChI=1S/C20H28N4O5/c1-13(2)11-16(22-20(28)29)18(26)23-24(10-9-17(21)25)19(27)14(3)12-15-7-5-4-6-8-15/h4-8,13,16,22H,3,9-12H2,1-2H3,(H2,21,25)(H,23,26)(H,28,29)/t16-/m0/s1. The van der Waals surface area contributed by atoms with Crippen LogP contribution in [0.2, 0.25) is 0 Å². The van der Waals surface area contributed by atoms with Crippen molar-refractivity contribution in [2.24, 2.45) is 11.7 Å². The molecule has 1 atom stereocenters. The normalized spacial score (nSPS) is 11.4. The van der Waals surface area contributed by atoms with Crippen LogP contribution in [0.5, 0.6) is 0 Å². The summed E-state index contributed by atoms with van der Waals surface area (Å²) in [5, 5.41) is 12.1. The predicted molar refractivity (Wildman–Crippen MR) is 107 cm³/mol. The summed E-state index contributed by atoms with van der Waals surface area (Å²) in [6.07, 6.45) is -1.03. The zero-order valence-electron chi connectivity index (χ0n) is 16.7. The average Bonchev–Trinajstić information content (AvgIpc) is 2.63. The quantitative estimate of drug-likeness (QED) is 0.342. The van der Waals surface area contributed by atoms with Gasteiger partial charge in [-0.1, -0.05) is 50.8 Å². The highest BCUT2D eigenvalue weighted by Crippen LogP contribution is 2.10. The van der Waals surface area contributed by atoms with Crippen LogP contribution < -0.4 is 16.5 Å². The number of nitrogens with two attached hydrogens (primary N) is 1. The van der Waals surface area contributed by atoms with Crippen molar-refractivity contribution in [3.05, 3.63) is 48.0 Å². The minimum atomic E-state index is -1.35. The lowest BCUT2D eigenvalue weighted by Crippen LogP contribution is -2.55. The number of nitrogens with one attached hydrogen (secondary N) is 2. The zero-order valence-corrected chi connectivity index (χ0v) is 16.7. The molecule has 0 heterocycles. The van der Waals surface area contributed by atoms with Gasteiger partial charge in [-0.05, 0) is 17.9 Å². The lowest BCUT2D eigenvalue weighted by Gasteiger charge is -2.27. The third kappa shape index (κ3) is 8.91. The highest BCUT2D eigenvalue weighted by Gasteiger charge is 2.26. The van der Waals surface area contributed by atoms with Crippen molar-refractivity contribution in [2.45, 2.75) is 39.2 Å². The van der Waals surface area contributed by atoms with E-state index in [4.69, 9.17) is 10.8 Å².